The van der Waals surface area contributed by atoms with Crippen molar-refractivity contribution in [2.45, 2.75) is 12.7 Å². The monoisotopic (exact) mass is 398 g/mol. The van der Waals surface area contributed by atoms with Crippen molar-refractivity contribution in [3.8, 4) is 0 Å². The molecular formula is C17H11F5N4O2. The number of nitrogens with one attached hydrogen (secondary N) is 3. The number of halogens is 5. The fraction of sp³-hybridized carbons (Fsp3) is 0.118. The molecule has 0 fully saturated rings. The first-order chi connectivity index (χ1) is 13.1. The van der Waals surface area contributed by atoms with Crippen molar-refractivity contribution in [2.75, 3.05) is 5.32 Å². The van der Waals surface area contributed by atoms with Crippen LogP contribution in [-0.4, -0.2) is 21.8 Å². The van der Waals surface area contributed by atoms with Gasteiger partial charge in [-0.15, -0.1) is 0 Å². The molecule has 6 nitrogen and oxygen atoms in total. The van der Waals surface area contributed by atoms with Gasteiger partial charge in [-0.25, -0.2) is 8.78 Å². The lowest BCUT2D eigenvalue weighted by Crippen LogP contribution is -2.35. The zero-order valence-electron chi connectivity index (χ0n) is 13.8. The summed E-state index contributed by atoms with van der Waals surface area (Å²) < 4.78 is 63.9. The summed E-state index contributed by atoms with van der Waals surface area (Å²) in [6, 6.07) is 3.63. The van der Waals surface area contributed by atoms with Crippen LogP contribution in [0.5, 0.6) is 0 Å². The van der Waals surface area contributed by atoms with Crippen molar-refractivity contribution < 1.29 is 31.5 Å². The van der Waals surface area contributed by atoms with Gasteiger partial charge in [-0.3, -0.25) is 14.6 Å². The normalized spacial score (nSPS) is 11.5. The maximum atomic E-state index is 13.4. The van der Waals surface area contributed by atoms with Crippen LogP contribution in [0.2, 0.25) is 0 Å². The SMILES string of the molecule is O=C(NCc1ccc(C(F)(F)F)cn1)C(=O)Nc1c[nH]c2cc(F)c(F)cc12. The number of carbonyl (C=O) groups is 2. The molecule has 0 spiro atoms. The van der Waals surface area contributed by atoms with Gasteiger partial charge < -0.3 is 15.6 Å². The van der Waals surface area contributed by atoms with Gasteiger partial charge in [0.15, 0.2) is 11.6 Å². The zero-order chi connectivity index (χ0) is 20.5. The van der Waals surface area contributed by atoms with Crippen molar-refractivity contribution in [1.29, 1.82) is 0 Å². The Hall–Kier alpha value is -3.50. The molecule has 0 unspecified atom stereocenters. The summed E-state index contributed by atoms with van der Waals surface area (Å²) in [7, 11) is 0. The fourth-order valence-corrected chi connectivity index (χ4v) is 2.35. The highest BCUT2D eigenvalue weighted by molar-refractivity contribution is 6.40. The lowest BCUT2D eigenvalue weighted by molar-refractivity contribution is -0.137. The Morgan fingerprint density at radius 2 is 1.79 bits per heavy atom. The zero-order valence-corrected chi connectivity index (χ0v) is 13.8. The minimum absolute atomic E-state index is 0.0571. The van der Waals surface area contributed by atoms with E-state index in [1.165, 1.54) is 6.20 Å². The second kappa shape index (κ2) is 7.25. The van der Waals surface area contributed by atoms with Crippen LogP contribution >= 0.6 is 0 Å². The van der Waals surface area contributed by atoms with Crippen LogP contribution in [0.15, 0.2) is 36.7 Å². The molecule has 2 aromatic heterocycles. The largest absolute Gasteiger partial charge is 0.417 e. The van der Waals surface area contributed by atoms with E-state index in [2.05, 4.69) is 20.6 Å². The third-order valence-electron chi connectivity index (χ3n) is 3.76. The van der Waals surface area contributed by atoms with Gasteiger partial charge in [-0.2, -0.15) is 13.2 Å². The van der Waals surface area contributed by atoms with Gasteiger partial charge in [0.1, 0.15) is 0 Å². The van der Waals surface area contributed by atoms with Crippen molar-refractivity contribution >= 4 is 28.4 Å². The van der Waals surface area contributed by atoms with Crippen LogP contribution in [0.4, 0.5) is 27.6 Å². The molecule has 1 aromatic carbocycles. The van der Waals surface area contributed by atoms with Gasteiger partial charge in [0.05, 0.1) is 29.0 Å². The molecule has 0 radical (unpaired) electrons. The third kappa shape index (κ3) is 4.08. The summed E-state index contributed by atoms with van der Waals surface area (Å²) in [6.07, 6.45) is -2.66. The molecule has 11 heteroatoms. The third-order valence-corrected chi connectivity index (χ3v) is 3.76. The molecule has 0 aliphatic carbocycles. The van der Waals surface area contributed by atoms with E-state index in [0.717, 1.165) is 24.3 Å². The maximum absolute atomic E-state index is 13.4. The highest BCUT2D eigenvalue weighted by Gasteiger charge is 2.30. The lowest BCUT2D eigenvalue weighted by atomic mass is 10.2. The molecule has 3 rings (SSSR count). The summed E-state index contributed by atoms with van der Waals surface area (Å²) in [4.78, 5) is 30.0. The van der Waals surface area contributed by atoms with Gasteiger partial charge in [0.25, 0.3) is 0 Å². The fourth-order valence-electron chi connectivity index (χ4n) is 2.35. The molecule has 0 aliphatic heterocycles. The second-order valence-corrected chi connectivity index (χ2v) is 5.69. The molecular weight excluding hydrogens is 387 g/mol. The van der Waals surface area contributed by atoms with Crippen LogP contribution < -0.4 is 10.6 Å². The average Bonchev–Trinajstić information content (AvgIpc) is 3.01. The molecule has 0 aliphatic rings. The Balaban J connectivity index is 1.62. The first-order valence-corrected chi connectivity index (χ1v) is 7.72. The van der Waals surface area contributed by atoms with Crippen LogP contribution in [-0.2, 0) is 22.3 Å². The minimum atomic E-state index is -4.53. The molecule has 28 heavy (non-hydrogen) atoms. The number of rotatable bonds is 3. The van der Waals surface area contributed by atoms with Gasteiger partial charge in [-0.1, -0.05) is 0 Å². The smallest absolute Gasteiger partial charge is 0.359 e. The van der Waals surface area contributed by atoms with E-state index >= 15 is 0 Å². The number of pyridine rings is 1. The molecule has 3 aromatic rings. The number of amides is 2. The number of H-pyrrole nitrogens is 1. The summed E-state index contributed by atoms with van der Waals surface area (Å²) in [5, 5.41) is 4.59. The summed E-state index contributed by atoms with van der Waals surface area (Å²) >= 11 is 0. The highest BCUT2D eigenvalue weighted by Crippen LogP contribution is 2.28. The van der Waals surface area contributed by atoms with Crippen molar-refractivity contribution in [1.82, 2.24) is 15.3 Å². The minimum Gasteiger partial charge on any atom is -0.359 e. The van der Waals surface area contributed by atoms with E-state index in [9.17, 15) is 31.5 Å². The Bertz CT molecular complexity index is 1040. The summed E-state index contributed by atoms with van der Waals surface area (Å²) in [5.41, 5.74) is -0.563. The number of nitrogens with zero attached hydrogens (tertiary/aromatic N) is 1. The Morgan fingerprint density at radius 1 is 1.07 bits per heavy atom. The van der Waals surface area contributed by atoms with Crippen LogP contribution in [0.25, 0.3) is 10.9 Å². The second-order valence-electron chi connectivity index (χ2n) is 5.69. The van der Waals surface area contributed by atoms with Crippen LogP contribution in [0, 0.1) is 11.6 Å². The molecule has 0 bridgehead atoms. The van der Waals surface area contributed by atoms with Crippen molar-refractivity contribution in [3.05, 3.63) is 59.6 Å². The molecule has 0 atom stereocenters. The number of carbonyl (C=O) groups excluding carboxylic acids is 2. The van der Waals surface area contributed by atoms with Crippen LogP contribution in [0.3, 0.4) is 0 Å². The lowest BCUT2D eigenvalue weighted by Gasteiger charge is -2.08. The molecule has 3 N–H and O–H groups in total. The Labute approximate surface area is 153 Å². The van der Waals surface area contributed by atoms with Gasteiger partial charge >= 0.3 is 18.0 Å². The van der Waals surface area contributed by atoms with E-state index in [1.54, 1.807) is 0 Å². The summed E-state index contributed by atoms with van der Waals surface area (Å²) in [5.74, 6) is -4.38. The molecule has 0 saturated carbocycles. The highest BCUT2D eigenvalue weighted by atomic mass is 19.4. The first kappa shape index (κ1) is 19.3. The number of fused-ring (bicyclic) bond motifs is 1. The summed E-state index contributed by atoms with van der Waals surface area (Å²) in [6.45, 7) is -0.280. The van der Waals surface area contributed by atoms with E-state index < -0.39 is 35.2 Å². The first-order valence-electron chi connectivity index (χ1n) is 7.72. The Kier molecular flexibility index (Phi) is 4.99. The average molecular weight is 398 g/mol. The van der Waals surface area contributed by atoms with E-state index in [4.69, 9.17) is 0 Å². The molecule has 2 amide bonds. The maximum Gasteiger partial charge on any atom is 0.417 e. The number of anilines is 1. The van der Waals surface area contributed by atoms with Gasteiger partial charge in [0.2, 0.25) is 0 Å². The van der Waals surface area contributed by atoms with Crippen LogP contribution in [0.1, 0.15) is 11.3 Å². The van der Waals surface area contributed by atoms with Gasteiger partial charge in [0, 0.05) is 23.8 Å². The van der Waals surface area contributed by atoms with E-state index in [1.807, 2.05) is 0 Å². The number of benzene rings is 1. The van der Waals surface area contributed by atoms with Crippen molar-refractivity contribution in [3.63, 3.8) is 0 Å². The standard InChI is InChI=1S/C17H11F5N4O2/c18-11-3-10-13(4-12(11)19)24-7-14(10)26-16(28)15(27)25-6-9-2-1-8(5-23-9)17(20,21)22/h1-5,7,24H,6H2,(H,25,27)(H,26,28). The van der Waals surface area contributed by atoms with E-state index in [-0.39, 0.29) is 28.8 Å². The quantitative estimate of drug-likeness (QED) is 0.468. The van der Waals surface area contributed by atoms with Gasteiger partial charge in [-0.05, 0) is 18.2 Å². The Morgan fingerprint density at radius 3 is 2.43 bits per heavy atom. The molecule has 0 saturated heterocycles. The van der Waals surface area contributed by atoms with Crippen molar-refractivity contribution in [2.24, 2.45) is 0 Å². The topological polar surface area (TPSA) is 86.9 Å². The number of hydrogen-bond acceptors (Lipinski definition) is 3. The van der Waals surface area contributed by atoms with E-state index in [0.29, 0.717) is 6.20 Å². The molecule has 2 heterocycles. The predicted molar refractivity (Wildman–Crippen MR) is 87.9 cm³/mol. The predicted octanol–water partition coefficient (Wildman–Crippen LogP) is 3.11. The number of aromatic nitrogens is 2. The number of aromatic amines is 1. The molecule has 146 valence electrons. The number of hydrogen-bond donors (Lipinski definition) is 3. The number of alkyl halides is 3.